The molecule has 0 radical (unpaired) electrons. The van der Waals surface area contributed by atoms with Crippen LogP contribution in [0, 0.1) is 6.92 Å². The van der Waals surface area contributed by atoms with Crippen molar-refractivity contribution in [1.29, 1.82) is 0 Å². The lowest BCUT2D eigenvalue weighted by Gasteiger charge is -2.31. The molecule has 2 aromatic carbocycles. The van der Waals surface area contributed by atoms with Gasteiger partial charge >= 0.3 is 0 Å². The lowest BCUT2D eigenvalue weighted by atomic mass is 10.0. The first kappa shape index (κ1) is 27.7. The third kappa shape index (κ3) is 6.56. The Kier molecular flexibility index (Phi) is 8.83. The van der Waals surface area contributed by atoms with Gasteiger partial charge in [-0.2, -0.15) is 4.37 Å². The van der Waals surface area contributed by atoms with Crippen molar-refractivity contribution < 1.29 is 14.4 Å². The first-order valence-corrected chi connectivity index (χ1v) is 13.3. The molecule has 9 heteroatoms. The van der Waals surface area contributed by atoms with Gasteiger partial charge in [0.1, 0.15) is 16.6 Å². The zero-order valence-corrected chi connectivity index (χ0v) is 23.2. The summed E-state index contributed by atoms with van der Waals surface area (Å²) in [6.07, 6.45) is 3.33. The summed E-state index contributed by atoms with van der Waals surface area (Å²) in [5, 5.41) is 3.02. The Labute approximate surface area is 232 Å². The van der Waals surface area contributed by atoms with E-state index in [4.69, 9.17) is 0 Å². The molecule has 2 aromatic heterocycles. The molecule has 0 aliphatic rings. The van der Waals surface area contributed by atoms with Crippen molar-refractivity contribution in [3.8, 4) is 0 Å². The maximum absolute atomic E-state index is 14.2. The second-order valence-corrected chi connectivity index (χ2v) is 10.2. The van der Waals surface area contributed by atoms with Gasteiger partial charge in [-0.05, 0) is 53.3 Å². The summed E-state index contributed by atoms with van der Waals surface area (Å²) in [5.41, 5.74) is 4.13. The highest BCUT2D eigenvalue weighted by atomic mass is 32.1. The summed E-state index contributed by atoms with van der Waals surface area (Å²) in [6, 6.07) is 19.9. The predicted octanol–water partition coefficient (Wildman–Crippen LogP) is 4.82. The minimum absolute atomic E-state index is 0.137. The van der Waals surface area contributed by atoms with E-state index in [1.165, 1.54) is 11.8 Å². The van der Waals surface area contributed by atoms with Crippen LogP contribution >= 0.6 is 11.5 Å². The molecule has 0 saturated heterocycles. The van der Waals surface area contributed by atoms with Gasteiger partial charge < -0.3 is 15.1 Å². The average molecular weight is 542 g/mol. The standard InChI is InChI=1S/C30H31N5O3S/c1-20-26(21(2)36)33-39-28(20)30(38)35(19-23-11-8-16-31-17-23)27(24-12-14-25(15-13-24)34(3)4)29(37)32-18-22-9-6-5-7-10-22/h5-17,27H,18-19H2,1-4H3,(H,32,37). The van der Waals surface area contributed by atoms with Crippen molar-refractivity contribution in [2.75, 3.05) is 19.0 Å². The second kappa shape index (κ2) is 12.4. The van der Waals surface area contributed by atoms with Gasteiger partial charge in [0.15, 0.2) is 5.78 Å². The maximum atomic E-state index is 14.2. The summed E-state index contributed by atoms with van der Waals surface area (Å²) in [6.45, 7) is 3.59. The fraction of sp³-hybridized carbons (Fsp3) is 0.233. The summed E-state index contributed by atoms with van der Waals surface area (Å²) in [7, 11) is 3.88. The number of nitrogens with zero attached hydrogens (tertiary/aromatic N) is 4. The molecule has 1 unspecified atom stereocenters. The molecular weight excluding hydrogens is 510 g/mol. The number of hydrogen-bond acceptors (Lipinski definition) is 7. The number of carbonyl (C=O) groups is 3. The van der Waals surface area contributed by atoms with Crippen LogP contribution in [0.3, 0.4) is 0 Å². The molecule has 2 heterocycles. The van der Waals surface area contributed by atoms with Gasteiger partial charge in [0, 0.05) is 57.8 Å². The van der Waals surface area contributed by atoms with E-state index in [0.29, 0.717) is 22.5 Å². The normalized spacial score (nSPS) is 11.5. The Bertz CT molecular complexity index is 1440. The van der Waals surface area contributed by atoms with Crippen molar-refractivity contribution in [3.63, 3.8) is 0 Å². The highest BCUT2D eigenvalue weighted by Gasteiger charge is 2.34. The zero-order chi connectivity index (χ0) is 27.9. The minimum Gasteiger partial charge on any atom is -0.378 e. The summed E-state index contributed by atoms with van der Waals surface area (Å²) in [5.74, 6) is -0.904. The molecule has 0 fully saturated rings. The quantitative estimate of drug-likeness (QED) is 0.290. The Hall–Kier alpha value is -4.37. The molecule has 0 aliphatic carbocycles. The smallest absolute Gasteiger partial charge is 0.267 e. The largest absolute Gasteiger partial charge is 0.378 e. The number of anilines is 1. The van der Waals surface area contributed by atoms with Crippen LogP contribution in [0.4, 0.5) is 5.69 Å². The zero-order valence-electron chi connectivity index (χ0n) is 22.4. The van der Waals surface area contributed by atoms with Crippen LogP contribution in [-0.4, -0.2) is 46.0 Å². The van der Waals surface area contributed by atoms with Crippen LogP contribution < -0.4 is 10.2 Å². The van der Waals surface area contributed by atoms with Gasteiger partial charge in [0.05, 0.1) is 0 Å². The van der Waals surface area contributed by atoms with Gasteiger partial charge in [-0.25, -0.2) is 0 Å². The van der Waals surface area contributed by atoms with E-state index in [1.54, 1.807) is 25.4 Å². The first-order valence-electron chi connectivity index (χ1n) is 12.5. The van der Waals surface area contributed by atoms with Gasteiger partial charge in [-0.15, -0.1) is 0 Å². The van der Waals surface area contributed by atoms with Crippen LogP contribution in [0.15, 0.2) is 79.1 Å². The van der Waals surface area contributed by atoms with E-state index in [-0.39, 0.29) is 29.8 Å². The van der Waals surface area contributed by atoms with Gasteiger partial charge in [-0.3, -0.25) is 19.4 Å². The highest BCUT2D eigenvalue weighted by molar-refractivity contribution is 7.08. The highest BCUT2D eigenvalue weighted by Crippen LogP contribution is 2.30. The van der Waals surface area contributed by atoms with Crippen LogP contribution in [0.5, 0.6) is 0 Å². The van der Waals surface area contributed by atoms with Gasteiger partial charge in [-0.1, -0.05) is 48.5 Å². The number of hydrogen-bond donors (Lipinski definition) is 1. The molecule has 8 nitrogen and oxygen atoms in total. The second-order valence-electron chi connectivity index (χ2n) is 9.43. The molecule has 1 atom stereocenters. The number of benzene rings is 2. The third-order valence-corrected chi connectivity index (χ3v) is 7.32. The number of aromatic nitrogens is 2. The molecule has 200 valence electrons. The number of rotatable bonds is 10. The lowest BCUT2D eigenvalue weighted by molar-refractivity contribution is -0.126. The van der Waals surface area contributed by atoms with Gasteiger partial charge in [0.2, 0.25) is 5.91 Å². The van der Waals surface area contributed by atoms with E-state index in [0.717, 1.165) is 28.3 Å². The fourth-order valence-electron chi connectivity index (χ4n) is 4.27. The van der Waals surface area contributed by atoms with Crippen LogP contribution in [0.25, 0.3) is 0 Å². The Morgan fingerprint density at radius 3 is 2.23 bits per heavy atom. The van der Waals surface area contributed by atoms with E-state index in [1.807, 2.05) is 79.7 Å². The van der Waals surface area contributed by atoms with Crippen molar-refractivity contribution >= 4 is 34.8 Å². The molecule has 0 spiro atoms. The Morgan fingerprint density at radius 1 is 0.949 bits per heavy atom. The number of ketones is 1. The molecule has 0 aliphatic heterocycles. The molecule has 4 aromatic rings. The number of pyridine rings is 1. The number of amides is 2. The minimum atomic E-state index is -0.945. The third-order valence-electron chi connectivity index (χ3n) is 6.38. The summed E-state index contributed by atoms with van der Waals surface area (Å²) in [4.78, 5) is 48.2. The first-order chi connectivity index (χ1) is 18.8. The Morgan fingerprint density at radius 2 is 1.64 bits per heavy atom. The SMILES string of the molecule is CC(=O)c1nsc(C(=O)N(Cc2cccnc2)C(C(=O)NCc2ccccc2)c2ccc(N(C)C)cc2)c1C. The predicted molar refractivity (Wildman–Crippen MR) is 153 cm³/mol. The number of carbonyl (C=O) groups excluding carboxylic acids is 3. The van der Waals surface area contributed by atoms with Crippen molar-refractivity contribution in [2.45, 2.75) is 33.0 Å². The molecular formula is C30H31N5O3S. The van der Waals surface area contributed by atoms with E-state index in [2.05, 4.69) is 14.7 Å². The summed E-state index contributed by atoms with van der Waals surface area (Å²) < 4.78 is 4.24. The van der Waals surface area contributed by atoms with Crippen molar-refractivity contribution in [1.82, 2.24) is 19.6 Å². The average Bonchev–Trinajstić information content (AvgIpc) is 3.34. The van der Waals surface area contributed by atoms with Crippen molar-refractivity contribution in [2.24, 2.45) is 0 Å². The summed E-state index contributed by atoms with van der Waals surface area (Å²) >= 11 is 0.976. The van der Waals surface area contributed by atoms with Gasteiger partial charge in [0.25, 0.3) is 5.91 Å². The van der Waals surface area contributed by atoms with Crippen molar-refractivity contribution in [3.05, 3.63) is 112 Å². The van der Waals surface area contributed by atoms with E-state index < -0.39 is 6.04 Å². The Balaban J connectivity index is 1.78. The molecule has 1 N–H and O–H groups in total. The lowest BCUT2D eigenvalue weighted by Crippen LogP contribution is -2.43. The number of Topliss-reactive ketones (excluding diaryl/α,β-unsaturated/α-hetero) is 1. The van der Waals surface area contributed by atoms with Crippen LogP contribution in [-0.2, 0) is 17.9 Å². The molecule has 0 bridgehead atoms. The monoisotopic (exact) mass is 541 g/mol. The molecule has 4 rings (SSSR count). The van der Waals surface area contributed by atoms with E-state index >= 15 is 0 Å². The molecule has 39 heavy (non-hydrogen) atoms. The molecule has 2 amide bonds. The van der Waals surface area contributed by atoms with Crippen LogP contribution in [0.1, 0.15) is 55.4 Å². The topological polar surface area (TPSA) is 95.5 Å². The van der Waals surface area contributed by atoms with Crippen LogP contribution in [0.2, 0.25) is 0 Å². The fourth-order valence-corrected chi connectivity index (χ4v) is 5.15. The maximum Gasteiger partial charge on any atom is 0.267 e. The van der Waals surface area contributed by atoms with E-state index in [9.17, 15) is 14.4 Å². The number of nitrogens with one attached hydrogen (secondary N) is 1. The molecule has 0 saturated carbocycles.